The number of amides is 1. The van der Waals surface area contributed by atoms with Crippen LogP contribution in [0.1, 0.15) is 81.8 Å². The number of halogens is 1. The summed E-state index contributed by atoms with van der Waals surface area (Å²) in [4.78, 5) is 12.5. The summed E-state index contributed by atoms with van der Waals surface area (Å²) in [6.07, 6.45) is 8.78. The topological polar surface area (TPSA) is 70.9 Å². The van der Waals surface area contributed by atoms with E-state index in [0.29, 0.717) is 30.1 Å². The lowest BCUT2D eigenvalue weighted by atomic mass is 9.54. The fourth-order valence-corrected chi connectivity index (χ4v) is 7.74. The lowest BCUT2D eigenvalue weighted by Gasteiger charge is -2.50. The molecule has 0 spiro atoms. The summed E-state index contributed by atoms with van der Waals surface area (Å²) in [6, 6.07) is 5.82. The van der Waals surface area contributed by atoms with Gasteiger partial charge in [0.2, 0.25) is 5.91 Å². The Morgan fingerprint density at radius 3 is 2.88 bits per heavy atom. The van der Waals surface area contributed by atoms with Crippen LogP contribution in [0, 0.1) is 29.0 Å². The highest BCUT2D eigenvalue weighted by Gasteiger charge is 2.57. The van der Waals surface area contributed by atoms with Crippen LogP contribution in [-0.2, 0) is 16.0 Å². The predicted molar refractivity (Wildman–Crippen MR) is 125 cm³/mol. The number of carbonyl (C=O) groups is 1. The Hall–Kier alpha value is -1.95. The fourth-order valence-electron chi connectivity index (χ4n) is 7.74. The van der Waals surface area contributed by atoms with Gasteiger partial charge in [0.1, 0.15) is 5.82 Å². The molecule has 6 heteroatoms. The van der Waals surface area contributed by atoms with E-state index < -0.39 is 0 Å². The van der Waals surface area contributed by atoms with Crippen LogP contribution in [0.15, 0.2) is 23.4 Å². The van der Waals surface area contributed by atoms with E-state index >= 15 is 0 Å². The van der Waals surface area contributed by atoms with Crippen LogP contribution >= 0.6 is 0 Å². The van der Waals surface area contributed by atoms with Crippen molar-refractivity contribution in [3.8, 4) is 0 Å². The second-order valence-electron chi connectivity index (χ2n) is 11.0. The zero-order valence-electron chi connectivity index (χ0n) is 19.7. The number of oxime groups is 1. The number of hydrogen-bond acceptors (Lipinski definition) is 4. The molecule has 5 rings (SSSR count). The molecule has 1 heterocycles. The van der Waals surface area contributed by atoms with Gasteiger partial charge in [-0.15, -0.1) is 0 Å². The minimum Gasteiger partial charge on any atom is -0.411 e. The fraction of sp³-hybridized carbons (Fsp3) is 0.704. The molecule has 0 radical (unpaired) electrons. The number of ether oxygens (including phenoxy) is 1. The predicted octanol–water partition coefficient (Wildman–Crippen LogP) is 5.20. The monoisotopic (exact) mass is 456 g/mol. The molecule has 0 aromatic heterocycles. The largest absolute Gasteiger partial charge is 0.411 e. The standard InChI is InChI=1S/C27H37FN2O3/c1-27-13-10-20-19-5-3-6-23(28)21(19)8-9-22(20)26(27)17(16-24(27)30-32)4-2-7-25(31)29-18-11-14-33-15-12-18/h3,5-6,17-18,20,22,26,32H,2,4,7-16H2,1H3,(H,29,31)/b30-24+/t17-,20?,22?,26?,27-/m1/s1. The maximum Gasteiger partial charge on any atom is 0.220 e. The SMILES string of the molecule is C[C@]12CCC3c4cccc(F)c4CCC3C1[C@H](CCCC(=O)NC1CCOCC1)C/C2=N\O. The molecule has 3 unspecified atom stereocenters. The Balaban J connectivity index is 1.28. The normalized spacial score (nSPS) is 35.0. The molecule has 33 heavy (non-hydrogen) atoms. The van der Waals surface area contributed by atoms with E-state index in [-0.39, 0.29) is 23.2 Å². The van der Waals surface area contributed by atoms with Crippen molar-refractivity contribution in [1.82, 2.24) is 5.32 Å². The first-order chi connectivity index (χ1) is 16.0. The van der Waals surface area contributed by atoms with Gasteiger partial charge in [-0.1, -0.05) is 24.2 Å². The third-order valence-electron chi connectivity index (χ3n) is 9.28. The summed E-state index contributed by atoms with van der Waals surface area (Å²) in [7, 11) is 0. The molecular formula is C27H37FN2O3. The van der Waals surface area contributed by atoms with Crippen molar-refractivity contribution in [2.45, 2.75) is 83.1 Å². The summed E-state index contributed by atoms with van der Waals surface area (Å²) in [5, 5.41) is 16.8. The average molecular weight is 457 g/mol. The molecule has 1 saturated heterocycles. The Morgan fingerprint density at radius 1 is 1.27 bits per heavy atom. The van der Waals surface area contributed by atoms with Gasteiger partial charge in [-0.05, 0) is 98.7 Å². The van der Waals surface area contributed by atoms with Gasteiger partial charge in [-0.25, -0.2) is 4.39 Å². The summed E-state index contributed by atoms with van der Waals surface area (Å²) in [5.41, 5.74) is 2.97. The number of rotatable bonds is 5. The van der Waals surface area contributed by atoms with Crippen molar-refractivity contribution in [2.24, 2.45) is 28.3 Å². The van der Waals surface area contributed by atoms with Gasteiger partial charge < -0.3 is 15.3 Å². The van der Waals surface area contributed by atoms with E-state index in [1.54, 1.807) is 6.07 Å². The first kappa shape index (κ1) is 22.8. The van der Waals surface area contributed by atoms with E-state index in [1.807, 2.05) is 6.07 Å². The average Bonchev–Trinajstić information content (AvgIpc) is 3.11. The highest BCUT2D eigenvalue weighted by atomic mass is 19.1. The number of carbonyl (C=O) groups excluding carboxylic acids is 1. The Kier molecular flexibility index (Phi) is 6.47. The highest BCUT2D eigenvalue weighted by Crippen LogP contribution is 2.62. The Labute approximate surface area is 196 Å². The molecule has 2 saturated carbocycles. The number of nitrogens with zero attached hydrogens (tertiary/aromatic N) is 1. The van der Waals surface area contributed by atoms with Gasteiger partial charge in [-0.2, -0.15) is 0 Å². The molecule has 4 aliphatic rings. The maximum absolute atomic E-state index is 14.5. The number of fused-ring (bicyclic) bond motifs is 5. The van der Waals surface area contributed by atoms with Gasteiger partial charge >= 0.3 is 0 Å². The first-order valence-electron chi connectivity index (χ1n) is 12.9. The Morgan fingerprint density at radius 2 is 2.09 bits per heavy atom. The first-order valence-corrected chi connectivity index (χ1v) is 12.9. The minimum absolute atomic E-state index is 0.0598. The number of benzene rings is 1. The molecule has 1 amide bonds. The molecule has 3 aliphatic carbocycles. The molecular weight excluding hydrogens is 419 g/mol. The molecule has 1 aromatic rings. The molecule has 1 aromatic carbocycles. The van der Waals surface area contributed by atoms with Crippen molar-refractivity contribution in [1.29, 1.82) is 0 Å². The van der Waals surface area contributed by atoms with Crippen LogP contribution in [0.2, 0.25) is 0 Å². The number of nitrogens with one attached hydrogen (secondary N) is 1. The van der Waals surface area contributed by atoms with Crippen LogP contribution in [0.25, 0.3) is 0 Å². The molecule has 3 fully saturated rings. The summed E-state index contributed by atoms with van der Waals surface area (Å²) < 4.78 is 19.9. The molecule has 180 valence electrons. The van der Waals surface area contributed by atoms with Crippen LogP contribution < -0.4 is 5.32 Å². The third kappa shape index (κ3) is 4.20. The lowest BCUT2D eigenvalue weighted by Crippen LogP contribution is -2.44. The number of hydrogen-bond donors (Lipinski definition) is 2. The van der Waals surface area contributed by atoms with Crippen LogP contribution in [-0.4, -0.2) is 36.1 Å². The highest BCUT2D eigenvalue weighted by molar-refractivity contribution is 5.92. The van der Waals surface area contributed by atoms with E-state index in [0.717, 1.165) is 82.3 Å². The van der Waals surface area contributed by atoms with Gasteiger partial charge in [-0.3, -0.25) is 4.79 Å². The van der Waals surface area contributed by atoms with E-state index in [4.69, 9.17) is 4.74 Å². The quantitative estimate of drug-likeness (QED) is 0.472. The second-order valence-corrected chi connectivity index (χ2v) is 11.0. The molecule has 0 bridgehead atoms. The van der Waals surface area contributed by atoms with E-state index in [2.05, 4.69) is 23.5 Å². The van der Waals surface area contributed by atoms with Crippen LogP contribution in [0.4, 0.5) is 4.39 Å². The van der Waals surface area contributed by atoms with Crippen LogP contribution in [0.5, 0.6) is 0 Å². The minimum atomic E-state index is -0.0875. The molecule has 5 atom stereocenters. The second kappa shape index (κ2) is 9.36. The molecule has 5 nitrogen and oxygen atoms in total. The van der Waals surface area contributed by atoms with Gasteiger partial charge in [0.25, 0.3) is 0 Å². The van der Waals surface area contributed by atoms with Gasteiger partial charge in [0.15, 0.2) is 0 Å². The van der Waals surface area contributed by atoms with Crippen molar-refractivity contribution >= 4 is 11.6 Å². The summed E-state index contributed by atoms with van der Waals surface area (Å²) in [5.74, 6) is 1.80. The summed E-state index contributed by atoms with van der Waals surface area (Å²) >= 11 is 0. The third-order valence-corrected chi connectivity index (χ3v) is 9.28. The lowest BCUT2D eigenvalue weighted by molar-refractivity contribution is -0.122. The smallest absolute Gasteiger partial charge is 0.220 e. The molecule has 1 aliphatic heterocycles. The van der Waals surface area contributed by atoms with Crippen LogP contribution in [0.3, 0.4) is 0 Å². The van der Waals surface area contributed by atoms with Gasteiger partial charge in [0.05, 0.1) is 5.71 Å². The molecule has 2 N–H and O–H groups in total. The van der Waals surface area contributed by atoms with E-state index in [9.17, 15) is 14.4 Å². The Bertz CT molecular complexity index is 913. The zero-order chi connectivity index (χ0) is 23.0. The zero-order valence-corrected chi connectivity index (χ0v) is 19.7. The van der Waals surface area contributed by atoms with Crippen molar-refractivity contribution in [2.75, 3.05) is 13.2 Å². The van der Waals surface area contributed by atoms with Gasteiger partial charge in [0, 0.05) is 31.1 Å². The van der Waals surface area contributed by atoms with Crippen molar-refractivity contribution < 1.29 is 19.1 Å². The van der Waals surface area contributed by atoms with Crippen molar-refractivity contribution in [3.63, 3.8) is 0 Å². The van der Waals surface area contributed by atoms with Crippen molar-refractivity contribution in [3.05, 3.63) is 35.1 Å². The summed E-state index contributed by atoms with van der Waals surface area (Å²) in [6.45, 7) is 3.74. The maximum atomic E-state index is 14.5. The van der Waals surface area contributed by atoms with E-state index in [1.165, 1.54) is 5.56 Å².